The molecule has 0 aromatic heterocycles. The van der Waals surface area contributed by atoms with Crippen LogP contribution in [0.5, 0.6) is 0 Å². The minimum Gasteiger partial charge on any atom is -0.383 e. The molecule has 1 aromatic carbocycles. The van der Waals surface area contributed by atoms with Crippen LogP contribution in [0, 0.1) is 0 Å². The second-order valence-corrected chi connectivity index (χ2v) is 6.19. The number of hydrogen-bond acceptors (Lipinski definition) is 5. The minimum absolute atomic E-state index is 0.136. The van der Waals surface area contributed by atoms with Gasteiger partial charge < -0.3 is 20.7 Å². The van der Waals surface area contributed by atoms with Crippen molar-refractivity contribution in [1.29, 1.82) is 0 Å². The first kappa shape index (κ1) is 22.5. The molecule has 0 radical (unpaired) electrons. The fourth-order valence-electron chi connectivity index (χ4n) is 2.09. The summed E-state index contributed by atoms with van der Waals surface area (Å²) in [4.78, 5) is 11.3. The third-order valence-electron chi connectivity index (χ3n) is 3.28. The van der Waals surface area contributed by atoms with Gasteiger partial charge in [-0.1, -0.05) is 5.11 Å². The summed E-state index contributed by atoms with van der Waals surface area (Å²) in [6.07, 6.45) is 4.85. The summed E-state index contributed by atoms with van der Waals surface area (Å²) in [5, 5.41) is 18.2. The fourth-order valence-corrected chi connectivity index (χ4v) is 2.09. The van der Waals surface area contributed by atoms with Crippen molar-refractivity contribution in [3.8, 4) is 0 Å². The average molecular weight is 377 g/mol. The summed E-state index contributed by atoms with van der Waals surface area (Å²) in [6, 6.07) is 5.48. The molecule has 27 heavy (non-hydrogen) atoms. The van der Waals surface area contributed by atoms with Crippen LogP contribution in [-0.4, -0.2) is 32.2 Å². The number of nitrogens with one attached hydrogen (secondary N) is 2. The summed E-state index contributed by atoms with van der Waals surface area (Å²) in [5.41, 5.74) is 2.13. The highest BCUT2D eigenvalue weighted by molar-refractivity contribution is 5.90. The number of benzene rings is 1. The highest BCUT2D eigenvalue weighted by Crippen LogP contribution is 2.29. The predicted molar refractivity (Wildman–Crippen MR) is 108 cm³/mol. The van der Waals surface area contributed by atoms with Crippen LogP contribution in [0.3, 0.4) is 0 Å². The van der Waals surface area contributed by atoms with E-state index in [1.165, 1.54) is 6.92 Å². The Morgan fingerprint density at radius 3 is 2.81 bits per heavy atom. The van der Waals surface area contributed by atoms with Gasteiger partial charge in [-0.05, 0) is 45.0 Å². The number of nitrogens with two attached hydrogens (primary N) is 2. The van der Waals surface area contributed by atoms with Gasteiger partial charge in [-0.15, -0.1) is 5.11 Å². The number of ether oxygens (including phenoxy) is 1. The molecule has 0 bridgehead atoms. The molecule has 8 nitrogen and oxygen atoms in total. The van der Waals surface area contributed by atoms with Gasteiger partial charge >= 0.3 is 0 Å². The molecule has 148 valence electrons. The van der Waals surface area contributed by atoms with Gasteiger partial charge in [0.05, 0.1) is 18.8 Å². The summed E-state index contributed by atoms with van der Waals surface area (Å²) >= 11 is 0. The molecule has 0 aliphatic heterocycles. The first-order valence-corrected chi connectivity index (χ1v) is 9.09. The van der Waals surface area contributed by atoms with Crippen molar-refractivity contribution in [1.82, 2.24) is 0 Å². The van der Waals surface area contributed by atoms with Gasteiger partial charge in [-0.2, -0.15) is 0 Å². The zero-order chi connectivity index (χ0) is 20.1. The molecule has 1 rings (SSSR count). The largest absolute Gasteiger partial charge is 0.383 e. The lowest BCUT2D eigenvalue weighted by Gasteiger charge is -2.12. The van der Waals surface area contributed by atoms with Crippen molar-refractivity contribution >= 4 is 23.0 Å². The van der Waals surface area contributed by atoms with E-state index in [2.05, 4.69) is 27.4 Å². The highest BCUT2D eigenvalue weighted by Gasteiger charge is 2.06. The van der Waals surface area contributed by atoms with Gasteiger partial charge in [0.1, 0.15) is 11.9 Å². The Morgan fingerprint density at radius 2 is 2.15 bits per heavy atom. The van der Waals surface area contributed by atoms with E-state index < -0.39 is 0 Å². The molecule has 0 saturated carbocycles. The van der Waals surface area contributed by atoms with Crippen LogP contribution in [0.15, 0.2) is 53.2 Å². The number of anilines is 2. The standard InChI is InChI=1S/C19H30N6O2/c1-14(2)27-12-6-9-22-18-8-7-17(23-16(4)26)13-19(18)25-24-15(3)21-11-10-20-5/h7-8,10-11,13-14,20-22H,3,6,9,12H2,1-2,4-5H3,(H,23,26)/p+2. The normalized spacial score (nSPS) is 11.4. The van der Waals surface area contributed by atoms with Gasteiger partial charge in [-0.3, -0.25) is 10.1 Å². The lowest BCUT2D eigenvalue weighted by Crippen LogP contribution is -2.80. The van der Waals surface area contributed by atoms with Crippen LogP contribution in [0.2, 0.25) is 0 Å². The monoisotopic (exact) mass is 376 g/mol. The van der Waals surface area contributed by atoms with Gasteiger partial charge in [-0.25, -0.2) is 0 Å². The van der Waals surface area contributed by atoms with E-state index in [-0.39, 0.29) is 12.0 Å². The molecule has 0 heterocycles. The van der Waals surface area contributed by atoms with Gasteiger partial charge in [0, 0.05) is 25.8 Å². The molecular weight excluding hydrogens is 344 g/mol. The van der Waals surface area contributed by atoms with E-state index >= 15 is 0 Å². The Kier molecular flexibility index (Phi) is 10.6. The van der Waals surface area contributed by atoms with Crippen molar-refractivity contribution in [2.45, 2.75) is 33.3 Å². The van der Waals surface area contributed by atoms with Gasteiger partial charge in [0.15, 0.2) is 6.20 Å². The topological polar surface area (TPSA) is 108 Å². The molecule has 1 amide bonds. The Labute approximate surface area is 161 Å². The van der Waals surface area contributed by atoms with Crippen LogP contribution in [0.1, 0.15) is 27.2 Å². The third kappa shape index (κ3) is 10.2. The quantitative estimate of drug-likeness (QED) is 0.329. The molecule has 0 aliphatic carbocycles. The molecular formula is C19H32N6O2+2. The first-order valence-electron chi connectivity index (χ1n) is 9.09. The smallest absolute Gasteiger partial charge is 0.241 e. The molecule has 0 atom stereocenters. The van der Waals surface area contributed by atoms with Crippen LogP contribution in [-0.2, 0) is 9.53 Å². The van der Waals surface area contributed by atoms with Crippen molar-refractivity contribution in [3.05, 3.63) is 43.0 Å². The number of carbonyl (C=O) groups is 1. The summed E-state index contributed by atoms with van der Waals surface area (Å²) in [5.74, 6) is 0.400. The van der Waals surface area contributed by atoms with Crippen molar-refractivity contribution in [2.24, 2.45) is 10.2 Å². The molecule has 8 heteroatoms. The minimum atomic E-state index is -0.136. The number of rotatable bonds is 12. The Morgan fingerprint density at radius 1 is 1.37 bits per heavy atom. The lowest BCUT2D eigenvalue weighted by molar-refractivity contribution is -0.584. The summed E-state index contributed by atoms with van der Waals surface area (Å²) < 4.78 is 5.54. The summed E-state index contributed by atoms with van der Waals surface area (Å²) in [7, 11) is 1.94. The number of hydrogen-bond donors (Lipinski definition) is 4. The third-order valence-corrected chi connectivity index (χ3v) is 3.28. The fraction of sp³-hybridized carbons (Fsp3) is 0.421. The SMILES string of the molecule is C=C(N=Nc1cc(NC(C)=O)ccc1NCCCOC(C)C)[NH2+]C=C[NH2+]C. The van der Waals surface area contributed by atoms with E-state index in [0.717, 1.165) is 18.7 Å². The van der Waals surface area contributed by atoms with E-state index in [4.69, 9.17) is 4.74 Å². The van der Waals surface area contributed by atoms with E-state index in [1.54, 1.807) is 11.4 Å². The molecule has 0 fully saturated rings. The molecule has 0 spiro atoms. The summed E-state index contributed by atoms with van der Waals surface area (Å²) in [6.45, 7) is 10.8. The molecule has 0 unspecified atom stereocenters. The zero-order valence-electron chi connectivity index (χ0n) is 16.7. The van der Waals surface area contributed by atoms with Crippen LogP contribution in [0.25, 0.3) is 0 Å². The number of azo groups is 1. The van der Waals surface area contributed by atoms with Crippen LogP contribution < -0.4 is 21.3 Å². The number of amides is 1. The van der Waals surface area contributed by atoms with E-state index in [1.807, 2.05) is 50.7 Å². The van der Waals surface area contributed by atoms with Gasteiger partial charge in [0.2, 0.25) is 11.7 Å². The lowest BCUT2D eigenvalue weighted by atomic mass is 10.2. The maximum atomic E-state index is 11.3. The molecule has 0 saturated heterocycles. The Balaban J connectivity index is 2.80. The molecule has 6 N–H and O–H groups in total. The van der Waals surface area contributed by atoms with Crippen molar-refractivity contribution in [3.63, 3.8) is 0 Å². The van der Waals surface area contributed by atoms with Crippen LogP contribution in [0.4, 0.5) is 17.1 Å². The maximum absolute atomic E-state index is 11.3. The zero-order valence-corrected chi connectivity index (χ0v) is 16.7. The van der Waals surface area contributed by atoms with Crippen molar-refractivity contribution in [2.75, 3.05) is 30.8 Å². The number of quaternary nitrogens is 2. The Hall–Kier alpha value is -2.55. The second-order valence-electron chi connectivity index (χ2n) is 6.19. The second kappa shape index (κ2) is 12.7. The number of nitrogens with zero attached hydrogens (tertiary/aromatic N) is 2. The Bertz CT molecular complexity index is 670. The van der Waals surface area contributed by atoms with Crippen LogP contribution >= 0.6 is 0 Å². The average Bonchev–Trinajstić information content (AvgIpc) is 2.60. The van der Waals surface area contributed by atoms with E-state index in [9.17, 15) is 4.79 Å². The predicted octanol–water partition coefficient (Wildman–Crippen LogP) is 1.65. The molecule has 1 aromatic rings. The number of carbonyl (C=O) groups excluding carboxylic acids is 1. The highest BCUT2D eigenvalue weighted by atomic mass is 16.5. The molecule has 0 aliphatic rings. The van der Waals surface area contributed by atoms with Gasteiger partial charge in [0.25, 0.3) is 0 Å². The first-order chi connectivity index (χ1) is 12.9. The maximum Gasteiger partial charge on any atom is 0.241 e. The van der Waals surface area contributed by atoms with E-state index in [0.29, 0.717) is 23.8 Å². The van der Waals surface area contributed by atoms with Crippen molar-refractivity contribution < 1.29 is 20.2 Å².